The molecular weight excluding hydrogens is 366 g/mol. The smallest absolute Gasteiger partial charge is 0.271 e. The molecule has 8 heteroatoms. The van der Waals surface area contributed by atoms with Gasteiger partial charge in [0.25, 0.3) is 11.6 Å². The molecule has 0 aliphatic carbocycles. The molecule has 0 atom stereocenters. The third-order valence-corrected chi connectivity index (χ3v) is 4.27. The third-order valence-electron chi connectivity index (χ3n) is 4.06. The number of benzene rings is 3. The Bertz CT molecular complexity index is 1080. The van der Waals surface area contributed by atoms with E-state index < -0.39 is 10.8 Å². The van der Waals surface area contributed by atoms with Gasteiger partial charge in [-0.15, -0.1) is 0 Å². The van der Waals surface area contributed by atoms with E-state index in [2.05, 4.69) is 10.6 Å². The molecule has 0 spiro atoms. The van der Waals surface area contributed by atoms with Gasteiger partial charge in [-0.25, -0.2) is 0 Å². The first-order chi connectivity index (χ1) is 12.9. The average molecular weight is 381 g/mol. The summed E-state index contributed by atoms with van der Waals surface area (Å²) in [5.74, 6) is -0.700. The number of anilines is 1. The van der Waals surface area contributed by atoms with E-state index in [9.17, 15) is 20.0 Å². The molecule has 0 heterocycles. The molecule has 27 heavy (non-hydrogen) atoms. The SMILES string of the molecule is Cc1c(O)c(C(=O)NC(=S)Nc2cccc([N+](=O)[O-])c2)cc2ccccc12. The van der Waals surface area contributed by atoms with E-state index in [4.69, 9.17) is 12.2 Å². The van der Waals surface area contributed by atoms with Crippen molar-refractivity contribution < 1.29 is 14.8 Å². The minimum absolute atomic E-state index is 0.0364. The van der Waals surface area contributed by atoms with Crippen molar-refractivity contribution in [2.24, 2.45) is 0 Å². The lowest BCUT2D eigenvalue weighted by Crippen LogP contribution is -2.34. The van der Waals surface area contributed by atoms with Crippen LogP contribution in [0.2, 0.25) is 0 Å². The zero-order chi connectivity index (χ0) is 19.6. The van der Waals surface area contributed by atoms with Crippen LogP contribution in [0.15, 0.2) is 54.6 Å². The van der Waals surface area contributed by atoms with Gasteiger partial charge in [-0.3, -0.25) is 20.2 Å². The summed E-state index contributed by atoms with van der Waals surface area (Å²) in [5.41, 5.74) is 0.954. The van der Waals surface area contributed by atoms with Gasteiger partial charge in [0.1, 0.15) is 5.75 Å². The van der Waals surface area contributed by atoms with Crippen LogP contribution < -0.4 is 10.6 Å². The number of hydrogen-bond donors (Lipinski definition) is 3. The molecule has 0 fully saturated rings. The number of aromatic hydroxyl groups is 1. The van der Waals surface area contributed by atoms with Gasteiger partial charge in [-0.2, -0.15) is 0 Å². The normalized spacial score (nSPS) is 10.4. The van der Waals surface area contributed by atoms with Crippen LogP contribution in [0.25, 0.3) is 10.8 Å². The molecule has 3 aromatic carbocycles. The fourth-order valence-electron chi connectivity index (χ4n) is 2.72. The van der Waals surface area contributed by atoms with Crippen molar-refractivity contribution in [2.75, 3.05) is 5.32 Å². The predicted octanol–water partition coefficient (Wildman–Crippen LogP) is 3.89. The van der Waals surface area contributed by atoms with Crippen LogP contribution in [-0.4, -0.2) is 21.0 Å². The highest BCUT2D eigenvalue weighted by Gasteiger charge is 2.17. The fraction of sp³-hybridized carbons (Fsp3) is 0.0526. The second kappa shape index (κ2) is 7.38. The Morgan fingerprint density at radius 3 is 2.63 bits per heavy atom. The highest BCUT2D eigenvalue weighted by Crippen LogP contribution is 2.30. The number of nitro groups is 1. The lowest BCUT2D eigenvalue weighted by Gasteiger charge is -2.13. The summed E-state index contributed by atoms with van der Waals surface area (Å²) in [6, 6.07) is 14.7. The number of nitrogens with zero attached hydrogens (tertiary/aromatic N) is 1. The maximum atomic E-state index is 12.5. The van der Waals surface area contributed by atoms with Gasteiger partial charge in [0.05, 0.1) is 10.5 Å². The number of thiocarbonyl (C=S) groups is 1. The maximum Gasteiger partial charge on any atom is 0.271 e. The Morgan fingerprint density at radius 1 is 1.15 bits per heavy atom. The van der Waals surface area contributed by atoms with Crippen molar-refractivity contribution in [1.29, 1.82) is 0 Å². The average Bonchev–Trinajstić information content (AvgIpc) is 2.64. The number of phenolic OH excluding ortho intramolecular Hbond substituents is 1. The van der Waals surface area contributed by atoms with E-state index in [0.29, 0.717) is 11.3 Å². The molecule has 3 N–H and O–H groups in total. The van der Waals surface area contributed by atoms with Crippen molar-refractivity contribution in [3.63, 3.8) is 0 Å². The van der Waals surface area contributed by atoms with E-state index >= 15 is 0 Å². The highest BCUT2D eigenvalue weighted by atomic mass is 32.1. The molecule has 0 bridgehead atoms. The number of phenols is 1. The number of hydrogen-bond acceptors (Lipinski definition) is 5. The van der Waals surface area contributed by atoms with E-state index in [1.54, 1.807) is 19.1 Å². The first kappa shape index (κ1) is 18.3. The van der Waals surface area contributed by atoms with Crippen LogP contribution in [-0.2, 0) is 0 Å². The molecule has 136 valence electrons. The molecule has 0 saturated heterocycles. The number of nitro benzene ring substituents is 1. The van der Waals surface area contributed by atoms with Crippen LogP contribution >= 0.6 is 12.2 Å². The Labute approximate surface area is 159 Å². The molecule has 3 aromatic rings. The van der Waals surface area contributed by atoms with Crippen LogP contribution in [0.4, 0.5) is 11.4 Å². The molecule has 0 saturated carbocycles. The molecule has 1 amide bonds. The number of nitrogens with one attached hydrogen (secondary N) is 2. The van der Waals surface area contributed by atoms with E-state index in [1.807, 2.05) is 24.3 Å². The first-order valence-corrected chi connectivity index (χ1v) is 8.35. The number of carbonyl (C=O) groups excluding carboxylic acids is 1. The van der Waals surface area contributed by atoms with Gasteiger partial charge >= 0.3 is 0 Å². The van der Waals surface area contributed by atoms with E-state index in [1.165, 1.54) is 18.2 Å². The summed E-state index contributed by atoms with van der Waals surface area (Å²) < 4.78 is 0. The van der Waals surface area contributed by atoms with Gasteiger partial charge < -0.3 is 10.4 Å². The summed E-state index contributed by atoms with van der Waals surface area (Å²) in [4.78, 5) is 22.8. The second-order valence-corrected chi connectivity index (χ2v) is 6.24. The largest absolute Gasteiger partial charge is 0.507 e. The van der Waals surface area contributed by atoms with Crippen LogP contribution in [0.3, 0.4) is 0 Å². The molecule has 0 aliphatic rings. The number of aryl methyl sites for hydroxylation is 1. The first-order valence-electron chi connectivity index (χ1n) is 7.95. The topological polar surface area (TPSA) is 104 Å². The summed E-state index contributed by atoms with van der Waals surface area (Å²) in [6.07, 6.45) is 0. The van der Waals surface area contributed by atoms with E-state index in [0.717, 1.165) is 10.8 Å². The lowest BCUT2D eigenvalue weighted by molar-refractivity contribution is -0.384. The van der Waals surface area contributed by atoms with Gasteiger partial charge in [-0.1, -0.05) is 30.3 Å². The zero-order valence-electron chi connectivity index (χ0n) is 14.2. The zero-order valence-corrected chi connectivity index (χ0v) is 15.0. The highest BCUT2D eigenvalue weighted by molar-refractivity contribution is 7.80. The van der Waals surface area contributed by atoms with Gasteiger partial charge in [-0.05, 0) is 47.6 Å². The van der Waals surface area contributed by atoms with E-state index in [-0.39, 0.29) is 22.1 Å². The summed E-state index contributed by atoms with van der Waals surface area (Å²) in [7, 11) is 0. The quantitative estimate of drug-likeness (QED) is 0.361. The van der Waals surface area contributed by atoms with Crippen molar-refractivity contribution in [2.45, 2.75) is 6.92 Å². The summed E-state index contributed by atoms with van der Waals surface area (Å²) >= 11 is 5.10. The van der Waals surface area contributed by atoms with Crippen LogP contribution in [0.5, 0.6) is 5.75 Å². The van der Waals surface area contributed by atoms with Crippen molar-refractivity contribution in [1.82, 2.24) is 5.32 Å². The van der Waals surface area contributed by atoms with Crippen molar-refractivity contribution in [3.8, 4) is 5.75 Å². The molecule has 3 rings (SSSR count). The number of amides is 1. The van der Waals surface area contributed by atoms with Gasteiger partial charge in [0, 0.05) is 17.8 Å². The molecule has 0 aromatic heterocycles. The molecule has 0 radical (unpaired) electrons. The Hall–Kier alpha value is -3.52. The van der Waals surface area contributed by atoms with Crippen molar-refractivity contribution >= 4 is 45.4 Å². The Balaban J connectivity index is 1.80. The fourth-order valence-corrected chi connectivity index (χ4v) is 2.93. The molecular formula is C19H15N3O4S. The number of rotatable bonds is 3. The maximum absolute atomic E-state index is 12.5. The molecule has 7 nitrogen and oxygen atoms in total. The molecule has 0 unspecified atom stereocenters. The van der Waals surface area contributed by atoms with Gasteiger partial charge in [0.15, 0.2) is 5.11 Å². The predicted molar refractivity (Wildman–Crippen MR) is 107 cm³/mol. The minimum atomic E-state index is -0.579. The Morgan fingerprint density at radius 2 is 1.89 bits per heavy atom. The summed E-state index contributed by atoms with van der Waals surface area (Å²) in [5, 5.41) is 28.0. The molecule has 0 aliphatic heterocycles. The Kier molecular flexibility index (Phi) is 5.00. The monoisotopic (exact) mass is 381 g/mol. The second-order valence-electron chi connectivity index (χ2n) is 5.83. The number of non-ortho nitro benzene ring substituents is 1. The third kappa shape index (κ3) is 3.85. The lowest BCUT2D eigenvalue weighted by atomic mass is 10.00. The minimum Gasteiger partial charge on any atom is -0.507 e. The van der Waals surface area contributed by atoms with Crippen LogP contribution in [0.1, 0.15) is 15.9 Å². The standard InChI is InChI=1S/C19H15N3O4S/c1-11-15-8-3-2-5-12(15)9-16(17(11)23)18(24)21-19(27)20-13-6-4-7-14(10-13)22(25)26/h2-10,23H,1H3,(H2,20,21,24,27). The number of fused-ring (bicyclic) bond motifs is 1. The summed E-state index contributed by atoms with van der Waals surface area (Å²) in [6.45, 7) is 1.73. The van der Waals surface area contributed by atoms with Gasteiger partial charge in [0.2, 0.25) is 0 Å². The van der Waals surface area contributed by atoms with Crippen LogP contribution in [0, 0.1) is 17.0 Å². The number of carbonyl (C=O) groups is 1. The van der Waals surface area contributed by atoms with Crippen molar-refractivity contribution in [3.05, 3.63) is 75.8 Å².